The third-order valence-electron chi connectivity index (χ3n) is 2.72. The van der Waals surface area contributed by atoms with E-state index in [1.165, 1.54) is 24.3 Å². The van der Waals surface area contributed by atoms with Gasteiger partial charge in [-0.25, -0.2) is 18.5 Å². The van der Waals surface area contributed by atoms with E-state index in [9.17, 15) is 21.6 Å². The van der Waals surface area contributed by atoms with Crippen LogP contribution >= 0.6 is 11.3 Å². The third-order valence-corrected chi connectivity index (χ3v) is 5.05. The minimum Gasteiger partial charge on any atom is -0.406 e. The molecule has 0 aliphatic carbocycles. The monoisotopic (exact) mass is 367 g/mol. The van der Waals surface area contributed by atoms with Crippen LogP contribution in [0.5, 0.6) is 5.75 Å². The number of sulfonamides is 1. The van der Waals surface area contributed by atoms with Gasteiger partial charge in [0.1, 0.15) is 5.75 Å². The van der Waals surface area contributed by atoms with Crippen molar-refractivity contribution in [3.8, 4) is 5.75 Å². The Kier molecular flexibility index (Phi) is 4.82. The van der Waals surface area contributed by atoms with Crippen LogP contribution in [0, 0.1) is 0 Å². The summed E-state index contributed by atoms with van der Waals surface area (Å²) in [7, 11) is -3.81. The number of benzene rings is 1. The first-order chi connectivity index (χ1) is 10.5. The number of primary sulfonamides is 1. The highest BCUT2D eigenvalue weighted by atomic mass is 32.2. The summed E-state index contributed by atoms with van der Waals surface area (Å²) in [6.07, 6.45) is -3.61. The van der Waals surface area contributed by atoms with Gasteiger partial charge in [-0.2, -0.15) is 0 Å². The summed E-state index contributed by atoms with van der Waals surface area (Å²) < 4.78 is 62.3. The number of rotatable bonds is 5. The summed E-state index contributed by atoms with van der Waals surface area (Å²) in [5.41, 5.74) is 0.673. The van der Waals surface area contributed by atoms with Gasteiger partial charge in [-0.3, -0.25) is 0 Å². The predicted octanol–water partition coefficient (Wildman–Crippen LogP) is 2.86. The van der Waals surface area contributed by atoms with Crippen molar-refractivity contribution >= 4 is 26.5 Å². The molecular weight excluding hydrogens is 355 g/mol. The maximum atomic E-state index is 12.1. The van der Waals surface area contributed by atoms with Crippen molar-refractivity contribution in [2.24, 2.45) is 5.14 Å². The topological polar surface area (TPSA) is 94.3 Å². The first kappa shape index (κ1) is 17.5. The second-order valence-electron chi connectivity index (χ2n) is 4.51. The molecule has 1 aromatic heterocycles. The molecule has 1 atom stereocenters. The summed E-state index contributed by atoms with van der Waals surface area (Å²) in [6.45, 7) is 1.75. The SMILES string of the molecule is C[C@H](Nc1ncc(S(N)(=O)=O)s1)c1ccc(OC(F)(F)F)cc1. The zero-order valence-electron chi connectivity index (χ0n) is 11.7. The number of hydrogen-bond acceptors (Lipinski definition) is 6. The van der Waals surface area contributed by atoms with Crippen LogP contribution in [0.3, 0.4) is 0 Å². The van der Waals surface area contributed by atoms with Crippen LogP contribution in [0.25, 0.3) is 0 Å². The third kappa shape index (κ3) is 5.08. The number of alkyl halides is 3. The standard InChI is InChI=1S/C12H12F3N3O3S2/c1-7(18-11-17-6-10(22-11)23(16,19)20)8-2-4-9(5-3-8)21-12(13,14)15/h2-7H,1H3,(H,17,18)(H2,16,19,20)/t7-/m0/s1. The fourth-order valence-corrected chi connectivity index (χ4v) is 3.22. The lowest BCUT2D eigenvalue weighted by Gasteiger charge is -2.14. The van der Waals surface area contributed by atoms with E-state index in [4.69, 9.17) is 5.14 Å². The Balaban J connectivity index is 2.06. The highest BCUT2D eigenvalue weighted by Crippen LogP contribution is 2.28. The number of thiazole rings is 1. The molecular formula is C12H12F3N3O3S2. The van der Waals surface area contributed by atoms with Crippen molar-refractivity contribution in [3.05, 3.63) is 36.0 Å². The van der Waals surface area contributed by atoms with Gasteiger partial charge in [-0.15, -0.1) is 13.2 Å². The van der Waals surface area contributed by atoms with Crippen molar-refractivity contribution in [2.75, 3.05) is 5.32 Å². The number of hydrogen-bond donors (Lipinski definition) is 2. The second kappa shape index (κ2) is 6.34. The molecule has 11 heteroatoms. The van der Waals surface area contributed by atoms with Gasteiger partial charge in [0.2, 0.25) is 10.0 Å². The Labute approximate surface area is 134 Å². The summed E-state index contributed by atoms with van der Waals surface area (Å²) in [6, 6.07) is 5.01. The Bertz CT molecular complexity index is 773. The lowest BCUT2D eigenvalue weighted by molar-refractivity contribution is -0.274. The number of halogens is 3. The van der Waals surface area contributed by atoms with Crippen LogP contribution < -0.4 is 15.2 Å². The predicted molar refractivity (Wildman–Crippen MR) is 78.6 cm³/mol. The van der Waals surface area contributed by atoms with Crippen LogP contribution in [0.1, 0.15) is 18.5 Å². The van der Waals surface area contributed by atoms with Crippen molar-refractivity contribution in [2.45, 2.75) is 23.5 Å². The van der Waals surface area contributed by atoms with Gasteiger partial charge in [-0.05, 0) is 24.6 Å². The Hall–Kier alpha value is -1.85. The van der Waals surface area contributed by atoms with Gasteiger partial charge in [-0.1, -0.05) is 23.5 Å². The number of anilines is 1. The maximum absolute atomic E-state index is 12.1. The molecule has 0 unspecified atom stereocenters. The fraction of sp³-hybridized carbons (Fsp3) is 0.250. The molecule has 0 saturated heterocycles. The summed E-state index contributed by atoms with van der Waals surface area (Å²) in [5, 5.41) is 8.26. The molecule has 0 radical (unpaired) electrons. The fourth-order valence-electron chi connectivity index (χ4n) is 1.68. The van der Waals surface area contributed by atoms with E-state index >= 15 is 0 Å². The minimum atomic E-state index is -4.74. The molecule has 0 amide bonds. The molecule has 0 fully saturated rings. The molecule has 0 aliphatic rings. The molecule has 6 nitrogen and oxygen atoms in total. The second-order valence-corrected chi connectivity index (χ2v) is 7.33. The molecule has 1 aromatic carbocycles. The van der Waals surface area contributed by atoms with Crippen LogP contribution in [-0.4, -0.2) is 19.8 Å². The van der Waals surface area contributed by atoms with Crippen LogP contribution in [0.15, 0.2) is 34.7 Å². The van der Waals surface area contributed by atoms with Crippen LogP contribution in [0.2, 0.25) is 0 Å². The Morgan fingerprint density at radius 1 is 1.30 bits per heavy atom. The smallest absolute Gasteiger partial charge is 0.406 e. The molecule has 0 bridgehead atoms. The van der Waals surface area contributed by atoms with Crippen molar-refractivity contribution in [3.63, 3.8) is 0 Å². The van der Waals surface area contributed by atoms with E-state index in [2.05, 4.69) is 15.0 Å². The van der Waals surface area contributed by atoms with Gasteiger partial charge in [0, 0.05) is 0 Å². The van der Waals surface area contributed by atoms with E-state index < -0.39 is 16.4 Å². The lowest BCUT2D eigenvalue weighted by atomic mass is 10.1. The average Bonchev–Trinajstić information content (AvgIpc) is 2.86. The zero-order chi connectivity index (χ0) is 17.3. The quantitative estimate of drug-likeness (QED) is 0.847. The zero-order valence-corrected chi connectivity index (χ0v) is 13.3. The highest BCUT2D eigenvalue weighted by Gasteiger charge is 2.31. The minimum absolute atomic E-state index is 0.0823. The number of nitrogens with two attached hydrogens (primary N) is 1. The molecule has 2 aromatic rings. The Morgan fingerprint density at radius 3 is 2.39 bits per heavy atom. The van der Waals surface area contributed by atoms with Gasteiger partial charge >= 0.3 is 6.36 Å². The van der Waals surface area contributed by atoms with Crippen LogP contribution in [-0.2, 0) is 10.0 Å². The van der Waals surface area contributed by atoms with Crippen molar-refractivity contribution in [1.29, 1.82) is 0 Å². The molecule has 3 N–H and O–H groups in total. The van der Waals surface area contributed by atoms with Crippen molar-refractivity contribution in [1.82, 2.24) is 4.98 Å². The molecule has 0 saturated carbocycles. The molecule has 2 rings (SSSR count). The molecule has 0 spiro atoms. The van der Waals surface area contributed by atoms with Gasteiger partial charge in [0.25, 0.3) is 0 Å². The van der Waals surface area contributed by atoms with E-state index in [0.29, 0.717) is 10.7 Å². The summed E-state index contributed by atoms with van der Waals surface area (Å²) in [4.78, 5) is 3.89. The number of nitrogens with zero attached hydrogens (tertiary/aromatic N) is 1. The van der Waals surface area contributed by atoms with Crippen molar-refractivity contribution < 1.29 is 26.3 Å². The van der Waals surface area contributed by atoms with Gasteiger partial charge in [0.15, 0.2) is 9.34 Å². The van der Waals surface area contributed by atoms with E-state index in [1.807, 2.05) is 0 Å². The number of ether oxygens (including phenoxy) is 1. The maximum Gasteiger partial charge on any atom is 0.573 e. The average molecular weight is 367 g/mol. The highest BCUT2D eigenvalue weighted by molar-refractivity contribution is 7.91. The largest absolute Gasteiger partial charge is 0.573 e. The molecule has 0 aliphatic heterocycles. The molecule has 126 valence electrons. The summed E-state index contributed by atoms with van der Waals surface area (Å²) in [5.74, 6) is -0.320. The van der Waals surface area contributed by atoms with E-state index in [0.717, 1.165) is 17.5 Å². The number of nitrogens with one attached hydrogen (secondary N) is 1. The molecule has 23 heavy (non-hydrogen) atoms. The normalized spacial score (nSPS) is 13.6. The lowest BCUT2D eigenvalue weighted by Crippen LogP contribution is -2.17. The first-order valence-electron chi connectivity index (χ1n) is 6.15. The van der Waals surface area contributed by atoms with Gasteiger partial charge < -0.3 is 10.1 Å². The van der Waals surface area contributed by atoms with E-state index in [-0.39, 0.29) is 16.0 Å². The first-order valence-corrected chi connectivity index (χ1v) is 8.52. The van der Waals surface area contributed by atoms with E-state index in [1.54, 1.807) is 6.92 Å². The number of aromatic nitrogens is 1. The Morgan fingerprint density at radius 2 is 1.91 bits per heavy atom. The van der Waals surface area contributed by atoms with Crippen LogP contribution in [0.4, 0.5) is 18.3 Å². The summed E-state index contributed by atoms with van der Waals surface area (Å²) >= 11 is 0.865. The van der Waals surface area contributed by atoms with Gasteiger partial charge in [0.05, 0.1) is 12.2 Å². The molecule has 1 heterocycles.